The Morgan fingerprint density at radius 2 is 2.05 bits per heavy atom. The fraction of sp³-hybridized carbons (Fsp3) is 0.176. The minimum Gasteiger partial charge on any atom is -0.337 e. The predicted octanol–water partition coefficient (Wildman–Crippen LogP) is 4.42. The van der Waals surface area contributed by atoms with E-state index in [0.717, 1.165) is 15.6 Å². The summed E-state index contributed by atoms with van der Waals surface area (Å²) in [5.41, 5.74) is 1.68. The topological polar surface area (TPSA) is 52.9 Å². The molecule has 1 atom stereocenters. The third-order valence-electron chi connectivity index (χ3n) is 3.20. The van der Waals surface area contributed by atoms with Crippen LogP contribution < -0.4 is 5.32 Å². The second-order valence-corrected chi connectivity index (χ2v) is 6.10. The van der Waals surface area contributed by atoms with E-state index in [2.05, 4.69) is 27.3 Å². The van der Waals surface area contributed by atoms with Crippen molar-refractivity contribution in [3.63, 3.8) is 0 Å². The number of rotatable bonds is 5. The monoisotopic (exact) mass is 376 g/mol. The second-order valence-electron chi connectivity index (χ2n) is 4.78. The molecule has 0 aliphatic heterocycles. The summed E-state index contributed by atoms with van der Waals surface area (Å²) in [6.07, 6.45) is 0.831. The molecule has 0 unspecified atom stereocenters. The number of nitrogens with one attached hydrogen (secondary N) is 1. The van der Waals surface area contributed by atoms with Gasteiger partial charge in [0.2, 0.25) is 5.91 Å². The lowest BCUT2D eigenvalue weighted by Crippen LogP contribution is -2.27. The van der Waals surface area contributed by atoms with E-state index in [1.807, 2.05) is 42.5 Å². The average Bonchev–Trinajstić information content (AvgIpc) is 2.52. The first-order valence-electron chi connectivity index (χ1n) is 6.78. The number of nitriles is 1. The zero-order valence-corrected chi connectivity index (χ0v) is 14.1. The molecule has 2 rings (SSSR count). The van der Waals surface area contributed by atoms with Gasteiger partial charge in [-0.15, -0.1) is 0 Å². The predicted molar refractivity (Wildman–Crippen MR) is 90.4 cm³/mol. The van der Waals surface area contributed by atoms with Crippen LogP contribution in [0.2, 0.25) is 5.02 Å². The van der Waals surface area contributed by atoms with Gasteiger partial charge >= 0.3 is 0 Å². The van der Waals surface area contributed by atoms with Gasteiger partial charge in [-0.2, -0.15) is 5.26 Å². The number of hydrogen-bond donors (Lipinski definition) is 1. The van der Waals surface area contributed by atoms with E-state index in [1.165, 1.54) is 0 Å². The number of carbonyl (C=O) groups is 1. The molecule has 5 heteroatoms. The minimum absolute atomic E-state index is 0.175. The SMILES string of the molecule is N#C[C@H](NC(=O)CCc1ccccc1Cl)c1cccc(Br)c1. The summed E-state index contributed by atoms with van der Waals surface area (Å²) >= 11 is 9.42. The van der Waals surface area contributed by atoms with Crippen LogP contribution in [-0.4, -0.2) is 5.91 Å². The highest BCUT2D eigenvalue weighted by atomic mass is 79.9. The third kappa shape index (κ3) is 4.59. The van der Waals surface area contributed by atoms with Gasteiger partial charge in [-0.1, -0.05) is 57.9 Å². The highest BCUT2D eigenvalue weighted by Gasteiger charge is 2.14. The molecule has 2 aromatic carbocycles. The first kappa shape index (κ1) is 16.5. The summed E-state index contributed by atoms with van der Waals surface area (Å²) in [7, 11) is 0. The summed E-state index contributed by atoms with van der Waals surface area (Å²) in [5, 5.41) is 12.6. The number of benzene rings is 2. The standard InChI is InChI=1S/C17H14BrClN2O/c18-14-6-3-5-13(10-14)16(11-20)21-17(22)9-8-12-4-1-2-7-15(12)19/h1-7,10,16H,8-9H2,(H,21,22)/t16-/m0/s1. The van der Waals surface area contributed by atoms with Crippen molar-refractivity contribution >= 4 is 33.4 Å². The molecule has 0 aromatic heterocycles. The van der Waals surface area contributed by atoms with Gasteiger partial charge in [0.15, 0.2) is 0 Å². The highest BCUT2D eigenvalue weighted by Crippen LogP contribution is 2.19. The maximum absolute atomic E-state index is 12.0. The number of nitrogens with zero attached hydrogens (tertiary/aromatic N) is 1. The molecule has 0 heterocycles. The number of hydrogen-bond acceptors (Lipinski definition) is 2. The molecule has 0 aliphatic rings. The van der Waals surface area contributed by atoms with Crippen molar-refractivity contribution in [2.45, 2.75) is 18.9 Å². The fourth-order valence-corrected chi connectivity index (χ4v) is 2.71. The molecule has 0 saturated heterocycles. The molecular weight excluding hydrogens is 364 g/mol. The van der Waals surface area contributed by atoms with Gasteiger partial charge in [-0.05, 0) is 35.7 Å². The number of amides is 1. The van der Waals surface area contributed by atoms with Crippen LogP contribution in [0.15, 0.2) is 53.0 Å². The Labute approximate surface area is 143 Å². The molecule has 112 valence electrons. The normalized spacial score (nSPS) is 11.5. The lowest BCUT2D eigenvalue weighted by Gasteiger charge is -2.12. The van der Waals surface area contributed by atoms with Crippen LogP contribution in [0.5, 0.6) is 0 Å². The van der Waals surface area contributed by atoms with Crippen LogP contribution in [0.3, 0.4) is 0 Å². The second kappa shape index (κ2) is 7.98. The Balaban J connectivity index is 1.96. The van der Waals surface area contributed by atoms with Crippen LogP contribution in [0, 0.1) is 11.3 Å². The van der Waals surface area contributed by atoms with Crippen molar-refractivity contribution in [2.24, 2.45) is 0 Å². The van der Waals surface area contributed by atoms with E-state index in [4.69, 9.17) is 11.6 Å². The van der Waals surface area contributed by atoms with Crippen molar-refractivity contribution in [3.05, 3.63) is 69.2 Å². The van der Waals surface area contributed by atoms with E-state index in [0.29, 0.717) is 11.4 Å². The maximum atomic E-state index is 12.0. The van der Waals surface area contributed by atoms with E-state index in [9.17, 15) is 10.1 Å². The Morgan fingerprint density at radius 1 is 1.27 bits per heavy atom. The van der Waals surface area contributed by atoms with Crippen molar-refractivity contribution in [1.29, 1.82) is 5.26 Å². The maximum Gasteiger partial charge on any atom is 0.221 e. The smallest absolute Gasteiger partial charge is 0.221 e. The first-order valence-corrected chi connectivity index (χ1v) is 7.95. The summed E-state index contributed by atoms with van der Waals surface area (Å²) in [6.45, 7) is 0. The molecule has 3 nitrogen and oxygen atoms in total. The molecular formula is C17H14BrClN2O. The molecule has 2 aromatic rings. The van der Waals surface area contributed by atoms with Crippen LogP contribution in [0.4, 0.5) is 0 Å². The molecule has 0 bridgehead atoms. The average molecular weight is 378 g/mol. The summed E-state index contributed by atoms with van der Waals surface area (Å²) in [5.74, 6) is -0.175. The van der Waals surface area contributed by atoms with Crippen LogP contribution in [-0.2, 0) is 11.2 Å². The van der Waals surface area contributed by atoms with Crippen molar-refractivity contribution < 1.29 is 4.79 Å². The summed E-state index contributed by atoms with van der Waals surface area (Å²) < 4.78 is 0.871. The highest BCUT2D eigenvalue weighted by molar-refractivity contribution is 9.10. The molecule has 22 heavy (non-hydrogen) atoms. The Kier molecular flexibility index (Phi) is 6.00. The lowest BCUT2D eigenvalue weighted by molar-refractivity contribution is -0.121. The van der Waals surface area contributed by atoms with Gasteiger partial charge < -0.3 is 5.32 Å². The molecule has 1 amide bonds. The molecule has 0 spiro atoms. The largest absolute Gasteiger partial charge is 0.337 e. The van der Waals surface area contributed by atoms with Crippen LogP contribution in [0.25, 0.3) is 0 Å². The van der Waals surface area contributed by atoms with Crippen molar-refractivity contribution in [1.82, 2.24) is 5.32 Å². The minimum atomic E-state index is -0.656. The molecule has 0 saturated carbocycles. The molecule has 0 radical (unpaired) electrons. The van der Waals surface area contributed by atoms with Gasteiger partial charge in [0.1, 0.15) is 6.04 Å². The third-order valence-corrected chi connectivity index (χ3v) is 4.06. The number of aryl methyl sites for hydroxylation is 1. The molecule has 0 fully saturated rings. The molecule has 0 aliphatic carbocycles. The van der Waals surface area contributed by atoms with Gasteiger partial charge in [0.25, 0.3) is 0 Å². The van der Waals surface area contributed by atoms with E-state index in [-0.39, 0.29) is 12.3 Å². The lowest BCUT2D eigenvalue weighted by atomic mass is 10.1. The van der Waals surface area contributed by atoms with E-state index < -0.39 is 6.04 Å². The van der Waals surface area contributed by atoms with Gasteiger partial charge in [-0.25, -0.2) is 0 Å². The van der Waals surface area contributed by atoms with Crippen LogP contribution in [0.1, 0.15) is 23.6 Å². The summed E-state index contributed by atoms with van der Waals surface area (Å²) in [6, 6.07) is 16.2. The molecule has 1 N–H and O–H groups in total. The van der Waals surface area contributed by atoms with Gasteiger partial charge in [0, 0.05) is 15.9 Å². The van der Waals surface area contributed by atoms with E-state index >= 15 is 0 Å². The van der Waals surface area contributed by atoms with Crippen molar-refractivity contribution in [2.75, 3.05) is 0 Å². The Hall–Kier alpha value is -1.83. The van der Waals surface area contributed by atoms with Crippen LogP contribution >= 0.6 is 27.5 Å². The Morgan fingerprint density at radius 3 is 2.73 bits per heavy atom. The van der Waals surface area contributed by atoms with E-state index in [1.54, 1.807) is 6.07 Å². The fourth-order valence-electron chi connectivity index (χ4n) is 2.06. The van der Waals surface area contributed by atoms with Gasteiger partial charge in [0.05, 0.1) is 6.07 Å². The van der Waals surface area contributed by atoms with Gasteiger partial charge in [-0.3, -0.25) is 4.79 Å². The number of halogens is 2. The zero-order chi connectivity index (χ0) is 15.9. The first-order chi connectivity index (χ1) is 10.6. The number of carbonyl (C=O) groups excluding carboxylic acids is 1. The Bertz CT molecular complexity index is 712. The quantitative estimate of drug-likeness (QED) is 0.839. The van der Waals surface area contributed by atoms with Crippen molar-refractivity contribution in [3.8, 4) is 6.07 Å². The zero-order valence-electron chi connectivity index (χ0n) is 11.7. The summed E-state index contributed by atoms with van der Waals surface area (Å²) in [4.78, 5) is 12.0.